The Hall–Kier alpha value is -1.92. The van der Waals surface area contributed by atoms with E-state index in [2.05, 4.69) is 68.6 Å². The Bertz CT molecular complexity index is 868. The molecule has 1 aliphatic rings. The zero-order valence-corrected chi connectivity index (χ0v) is 20.4. The SMILES string of the molecule is Cc1ccc(C2(C)CSc3cc(C)ccc3C2CCCCCCCCCNC#N)cc1. The van der Waals surface area contributed by atoms with E-state index in [0.717, 1.165) is 18.7 Å². The van der Waals surface area contributed by atoms with Gasteiger partial charge >= 0.3 is 0 Å². The Kier molecular flexibility index (Phi) is 8.90. The molecule has 1 N–H and O–H groups in total. The van der Waals surface area contributed by atoms with Crippen LogP contribution in [-0.2, 0) is 5.41 Å². The molecule has 1 aliphatic heterocycles. The molecule has 31 heavy (non-hydrogen) atoms. The third-order valence-corrected chi connectivity index (χ3v) is 8.33. The van der Waals surface area contributed by atoms with Crippen molar-refractivity contribution in [3.63, 3.8) is 0 Å². The van der Waals surface area contributed by atoms with Crippen molar-refractivity contribution in [3.8, 4) is 6.19 Å². The number of nitrogens with zero attached hydrogens (tertiary/aromatic N) is 1. The number of rotatable bonds is 11. The molecule has 0 spiro atoms. The van der Waals surface area contributed by atoms with Crippen molar-refractivity contribution in [1.82, 2.24) is 5.32 Å². The molecule has 2 aromatic rings. The number of aryl methyl sites for hydroxylation is 2. The second kappa shape index (κ2) is 11.6. The molecular weight excluding hydrogens is 396 g/mol. The van der Waals surface area contributed by atoms with Crippen molar-refractivity contribution in [2.75, 3.05) is 12.3 Å². The normalized spacial score (nSPS) is 20.1. The van der Waals surface area contributed by atoms with Crippen LogP contribution in [0.15, 0.2) is 47.4 Å². The first-order chi connectivity index (χ1) is 15.0. The minimum Gasteiger partial charge on any atom is -0.324 e. The molecule has 0 saturated carbocycles. The first kappa shape index (κ1) is 23.7. The van der Waals surface area contributed by atoms with E-state index in [0.29, 0.717) is 5.92 Å². The van der Waals surface area contributed by atoms with E-state index in [9.17, 15) is 0 Å². The highest BCUT2D eigenvalue weighted by molar-refractivity contribution is 7.99. The smallest absolute Gasteiger partial charge is 0.176 e. The van der Waals surface area contributed by atoms with Crippen molar-refractivity contribution in [2.45, 2.75) is 88.4 Å². The van der Waals surface area contributed by atoms with Gasteiger partial charge in [-0.15, -0.1) is 11.8 Å². The number of unbranched alkanes of at least 4 members (excludes halogenated alkanes) is 6. The van der Waals surface area contributed by atoms with Crippen LogP contribution in [0.25, 0.3) is 0 Å². The molecule has 1 heterocycles. The highest BCUT2D eigenvalue weighted by atomic mass is 32.2. The van der Waals surface area contributed by atoms with Gasteiger partial charge in [0.15, 0.2) is 6.19 Å². The average molecular weight is 435 g/mol. The van der Waals surface area contributed by atoms with Gasteiger partial charge in [-0.3, -0.25) is 0 Å². The second-order valence-electron chi connectivity index (χ2n) is 9.47. The van der Waals surface area contributed by atoms with E-state index >= 15 is 0 Å². The van der Waals surface area contributed by atoms with Crippen molar-refractivity contribution in [1.29, 1.82) is 5.26 Å². The zero-order chi connectivity index (χ0) is 22.1. The molecule has 0 radical (unpaired) electrons. The Labute approximate surface area is 193 Å². The molecule has 3 rings (SSSR count). The lowest BCUT2D eigenvalue weighted by atomic mass is 9.67. The third-order valence-electron chi connectivity index (χ3n) is 6.93. The summed E-state index contributed by atoms with van der Waals surface area (Å²) in [4.78, 5) is 1.50. The minimum absolute atomic E-state index is 0.189. The minimum atomic E-state index is 0.189. The monoisotopic (exact) mass is 434 g/mol. The van der Waals surface area contributed by atoms with Crippen LogP contribution in [0.3, 0.4) is 0 Å². The molecule has 0 amide bonds. The quantitative estimate of drug-likeness (QED) is 0.224. The number of thioether (sulfide) groups is 1. The van der Waals surface area contributed by atoms with Gasteiger partial charge in [-0.25, -0.2) is 0 Å². The van der Waals surface area contributed by atoms with Gasteiger partial charge < -0.3 is 5.32 Å². The number of hydrogen-bond donors (Lipinski definition) is 1. The van der Waals surface area contributed by atoms with E-state index in [1.807, 2.05) is 18.0 Å². The summed E-state index contributed by atoms with van der Waals surface area (Å²) < 4.78 is 0. The maximum Gasteiger partial charge on any atom is 0.176 e. The number of nitriles is 1. The van der Waals surface area contributed by atoms with E-state index in [4.69, 9.17) is 5.26 Å². The number of hydrogen-bond acceptors (Lipinski definition) is 3. The topological polar surface area (TPSA) is 35.8 Å². The summed E-state index contributed by atoms with van der Waals surface area (Å²) in [5.74, 6) is 1.75. The summed E-state index contributed by atoms with van der Waals surface area (Å²) in [6.45, 7) is 7.71. The van der Waals surface area contributed by atoms with E-state index in [1.54, 1.807) is 5.56 Å². The Morgan fingerprint density at radius 3 is 2.29 bits per heavy atom. The lowest BCUT2D eigenvalue weighted by Crippen LogP contribution is -2.36. The van der Waals surface area contributed by atoms with Crippen LogP contribution in [0.1, 0.15) is 86.5 Å². The first-order valence-corrected chi connectivity index (χ1v) is 13.0. The van der Waals surface area contributed by atoms with Gasteiger partial charge in [-0.1, -0.05) is 93.0 Å². The molecule has 0 saturated heterocycles. The van der Waals surface area contributed by atoms with Gasteiger partial charge in [0.05, 0.1) is 0 Å². The largest absolute Gasteiger partial charge is 0.324 e. The molecule has 166 valence electrons. The molecular formula is C28H38N2S. The van der Waals surface area contributed by atoms with Crippen LogP contribution >= 0.6 is 11.8 Å². The fraction of sp³-hybridized carbons (Fsp3) is 0.536. The van der Waals surface area contributed by atoms with Crippen LogP contribution in [0.5, 0.6) is 0 Å². The molecule has 3 heteroatoms. The van der Waals surface area contributed by atoms with E-state index < -0.39 is 0 Å². The summed E-state index contributed by atoms with van der Waals surface area (Å²) in [5.41, 5.74) is 5.96. The van der Waals surface area contributed by atoms with Crippen molar-refractivity contribution < 1.29 is 0 Å². The average Bonchev–Trinajstić information content (AvgIpc) is 2.77. The highest BCUT2D eigenvalue weighted by Crippen LogP contribution is 2.52. The van der Waals surface area contributed by atoms with Crippen molar-refractivity contribution in [3.05, 3.63) is 64.7 Å². The third kappa shape index (κ3) is 6.30. The Balaban J connectivity index is 1.60. The maximum atomic E-state index is 8.51. The molecule has 2 unspecified atom stereocenters. The van der Waals surface area contributed by atoms with Crippen LogP contribution in [0.4, 0.5) is 0 Å². The standard InChI is InChI=1S/C28H38N2S/c1-22-12-15-24(16-13-22)28(3)20-31-27-19-23(2)14-17-25(27)26(28)11-9-7-5-4-6-8-10-18-30-21-29/h12-17,19,26,30H,4-11,18,20H2,1-3H3. The maximum absolute atomic E-state index is 8.51. The predicted octanol–water partition coefficient (Wildman–Crippen LogP) is 7.64. The van der Waals surface area contributed by atoms with Crippen LogP contribution < -0.4 is 5.32 Å². The summed E-state index contributed by atoms with van der Waals surface area (Å²) in [5, 5.41) is 11.2. The summed E-state index contributed by atoms with van der Waals surface area (Å²) >= 11 is 2.05. The molecule has 0 aromatic heterocycles. The molecule has 2 nitrogen and oxygen atoms in total. The number of nitrogens with one attached hydrogen (secondary N) is 1. The Morgan fingerprint density at radius 2 is 1.58 bits per heavy atom. The Morgan fingerprint density at radius 1 is 0.935 bits per heavy atom. The van der Waals surface area contributed by atoms with Crippen molar-refractivity contribution in [2.24, 2.45) is 0 Å². The molecule has 2 aromatic carbocycles. The van der Waals surface area contributed by atoms with Gasteiger partial charge in [0, 0.05) is 22.6 Å². The van der Waals surface area contributed by atoms with Crippen LogP contribution in [0.2, 0.25) is 0 Å². The molecule has 2 atom stereocenters. The van der Waals surface area contributed by atoms with Gasteiger partial charge in [-0.2, -0.15) is 5.26 Å². The summed E-state index contributed by atoms with van der Waals surface area (Å²) in [6, 6.07) is 16.4. The second-order valence-corrected chi connectivity index (χ2v) is 10.5. The van der Waals surface area contributed by atoms with E-state index in [1.165, 1.54) is 66.5 Å². The molecule has 0 aliphatic carbocycles. The lowest BCUT2D eigenvalue weighted by Gasteiger charge is -2.43. The summed E-state index contributed by atoms with van der Waals surface area (Å²) in [6.07, 6.45) is 12.2. The van der Waals surface area contributed by atoms with E-state index in [-0.39, 0.29) is 5.41 Å². The first-order valence-electron chi connectivity index (χ1n) is 12.0. The van der Waals surface area contributed by atoms with Gasteiger partial charge in [0.2, 0.25) is 0 Å². The summed E-state index contributed by atoms with van der Waals surface area (Å²) in [7, 11) is 0. The van der Waals surface area contributed by atoms with Gasteiger partial charge in [0.25, 0.3) is 0 Å². The molecule has 0 fully saturated rings. The van der Waals surface area contributed by atoms with Crippen LogP contribution in [0, 0.1) is 25.3 Å². The number of benzene rings is 2. The number of fused-ring (bicyclic) bond motifs is 1. The van der Waals surface area contributed by atoms with Crippen molar-refractivity contribution >= 4 is 11.8 Å². The fourth-order valence-corrected chi connectivity index (χ4v) is 6.39. The molecule has 0 bridgehead atoms. The predicted molar refractivity (Wildman–Crippen MR) is 134 cm³/mol. The van der Waals surface area contributed by atoms with Gasteiger partial charge in [0.1, 0.15) is 0 Å². The van der Waals surface area contributed by atoms with Gasteiger partial charge in [-0.05, 0) is 49.8 Å². The highest BCUT2D eigenvalue weighted by Gasteiger charge is 2.40. The fourth-order valence-electron chi connectivity index (χ4n) is 4.92. The van der Waals surface area contributed by atoms with Crippen LogP contribution in [-0.4, -0.2) is 12.3 Å². The lowest BCUT2D eigenvalue weighted by molar-refractivity contribution is 0.372. The zero-order valence-electron chi connectivity index (χ0n) is 19.5.